The van der Waals surface area contributed by atoms with E-state index >= 15 is 0 Å². The second kappa shape index (κ2) is 7.93. The maximum absolute atomic E-state index is 9.64. The maximum Gasteiger partial charge on any atom is 0.170 e. The van der Waals surface area contributed by atoms with Crippen molar-refractivity contribution in [1.82, 2.24) is 24.8 Å². The summed E-state index contributed by atoms with van der Waals surface area (Å²) in [5.74, 6) is 0.897. The molecule has 7 heteroatoms. The van der Waals surface area contributed by atoms with Gasteiger partial charge in [0.05, 0.1) is 24.4 Å². The number of aromatic nitrogens is 3. The molecular formula is C22H25N5OS. The number of hydrogen-bond donors (Lipinski definition) is 2. The van der Waals surface area contributed by atoms with Crippen LogP contribution >= 0.6 is 12.2 Å². The van der Waals surface area contributed by atoms with E-state index in [4.69, 9.17) is 12.2 Å². The number of hydrogen-bond acceptors (Lipinski definition) is 4. The fraction of sp³-hybridized carbons (Fsp3) is 0.318. The lowest BCUT2D eigenvalue weighted by Crippen LogP contribution is -2.32. The van der Waals surface area contributed by atoms with Gasteiger partial charge in [-0.1, -0.05) is 12.1 Å². The van der Waals surface area contributed by atoms with E-state index in [0.29, 0.717) is 11.7 Å². The predicted molar refractivity (Wildman–Crippen MR) is 117 cm³/mol. The third-order valence-electron chi connectivity index (χ3n) is 5.45. The van der Waals surface area contributed by atoms with Gasteiger partial charge in [-0.15, -0.1) is 0 Å². The van der Waals surface area contributed by atoms with Crippen molar-refractivity contribution in [2.75, 3.05) is 13.2 Å². The molecule has 4 rings (SSSR count). The van der Waals surface area contributed by atoms with Crippen LogP contribution < -0.4 is 5.32 Å². The lowest BCUT2D eigenvalue weighted by molar-refractivity contribution is 0.223. The van der Waals surface area contributed by atoms with Crippen LogP contribution in [0.5, 0.6) is 0 Å². The van der Waals surface area contributed by atoms with E-state index in [-0.39, 0.29) is 18.7 Å². The van der Waals surface area contributed by atoms with Crippen molar-refractivity contribution in [2.24, 2.45) is 0 Å². The third kappa shape index (κ3) is 3.52. The van der Waals surface area contributed by atoms with Crippen LogP contribution in [0, 0.1) is 20.8 Å². The first kappa shape index (κ1) is 19.5. The fourth-order valence-corrected chi connectivity index (χ4v) is 4.46. The van der Waals surface area contributed by atoms with E-state index in [9.17, 15) is 5.11 Å². The number of rotatable bonds is 5. The summed E-state index contributed by atoms with van der Waals surface area (Å²) in [6, 6.07) is 12.1. The number of pyridine rings is 2. The molecule has 0 aliphatic carbocycles. The molecule has 1 aliphatic heterocycles. The maximum atomic E-state index is 9.64. The molecule has 6 nitrogen and oxygen atoms in total. The molecule has 0 radical (unpaired) electrons. The van der Waals surface area contributed by atoms with Gasteiger partial charge in [-0.05, 0) is 68.4 Å². The average molecular weight is 408 g/mol. The zero-order valence-corrected chi connectivity index (χ0v) is 17.6. The van der Waals surface area contributed by atoms with Crippen LogP contribution in [-0.4, -0.2) is 42.8 Å². The van der Waals surface area contributed by atoms with Gasteiger partial charge in [0.15, 0.2) is 5.11 Å². The minimum atomic E-state index is -0.0878. The standard InChI is InChI=1S/C22H25N5OS/c1-14-7-8-19(24-13-14)27-15(2)12-17(16(27)3)21-20(18-6-4-5-9-23-18)25-22(29)26(21)10-11-28/h4-9,12-13,20-21,28H,10-11H2,1-3H3,(H,25,29)/t20-,21+/m0/s1. The van der Waals surface area contributed by atoms with Crippen LogP contribution in [0.4, 0.5) is 0 Å². The van der Waals surface area contributed by atoms with Gasteiger partial charge < -0.3 is 19.9 Å². The molecule has 3 aromatic heterocycles. The molecular weight excluding hydrogens is 382 g/mol. The second-order valence-corrected chi connectivity index (χ2v) is 7.79. The Labute approximate surface area is 176 Å². The molecule has 1 fully saturated rings. The Bertz CT molecular complexity index is 1020. The molecule has 2 N–H and O–H groups in total. The van der Waals surface area contributed by atoms with Gasteiger partial charge in [-0.2, -0.15) is 0 Å². The highest BCUT2D eigenvalue weighted by Crippen LogP contribution is 2.41. The Morgan fingerprint density at radius 2 is 1.97 bits per heavy atom. The summed E-state index contributed by atoms with van der Waals surface area (Å²) < 4.78 is 2.17. The molecule has 2 atom stereocenters. The second-order valence-electron chi connectivity index (χ2n) is 7.40. The van der Waals surface area contributed by atoms with E-state index in [0.717, 1.165) is 34.0 Å². The van der Waals surface area contributed by atoms with Gasteiger partial charge >= 0.3 is 0 Å². The zero-order valence-electron chi connectivity index (χ0n) is 16.8. The molecule has 0 aromatic carbocycles. The molecule has 1 saturated heterocycles. The first-order chi connectivity index (χ1) is 14.0. The third-order valence-corrected chi connectivity index (χ3v) is 5.80. The van der Waals surface area contributed by atoms with E-state index in [2.05, 4.69) is 50.7 Å². The Kier molecular flexibility index (Phi) is 5.34. The first-order valence-corrected chi connectivity index (χ1v) is 10.1. The summed E-state index contributed by atoms with van der Waals surface area (Å²) in [6.45, 7) is 6.73. The number of β-amino-alcohol motifs (C(OH)–C–C–N with tert-alkyl or cyclic N) is 1. The fourth-order valence-electron chi connectivity index (χ4n) is 4.12. The zero-order chi connectivity index (χ0) is 20.5. The molecule has 0 bridgehead atoms. The summed E-state index contributed by atoms with van der Waals surface area (Å²) in [7, 11) is 0. The van der Waals surface area contributed by atoms with Gasteiger partial charge in [-0.25, -0.2) is 4.98 Å². The number of nitrogens with zero attached hydrogens (tertiary/aromatic N) is 4. The largest absolute Gasteiger partial charge is 0.395 e. The van der Waals surface area contributed by atoms with Crippen molar-refractivity contribution in [3.63, 3.8) is 0 Å². The molecule has 29 heavy (non-hydrogen) atoms. The van der Waals surface area contributed by atoms with E-state index in [1.54, 1.807) is 6.20 Å². The van der Waals surface area contributed by atoms with Crippen LogP contribution in [0.15, 0.2) is 48.8 Å². The van der Waals surface area contributed by atoms with E-state index in [1.165, 1.54) is 0 Å². The highest BCUT2D eigenvalue weighted by Gasteiger charge is 2.41. The lowest BCUT2D eigenvalue weighted by Gasteiger charge is -2.27. The van der Waals surface area contributed by atoms with Crippen LogP contribution in [-0.2, 0) is 0 Å². The summed E-state index contributed by atoms with van der Waals surface area (Å²) >= 11 is 5.61. The van der Waals surface area contributed by atoms with Crippen LogP contribution in [0.1, 0.15) is 40.3 Å². The summed E-state index contributed by atoms with van der Waals surface area (Å²) in [5.41, 5.74) is 5.43. The molecule has 0 unspecified atom stereocenters. The minimum absolute atomic E-state index is 0.0332. The molecule has 3 aromatic rings. The summed E-state index contributed by atoms with van der Waals surface area (Å²) in [6.07, 6.45) is 3.68. The SMILES string of the molecule is Cc1ccc(-n2c(C)cc([C@@H]3[C@H](c4ccccn4)NC(=S)N3CCO)c2C)nc1. The van der Waals surface area contributed by atoms with Crippen LogP contribution in [0.25, 0.3) is 5.82 Å². The average Bonchev–Trinajstić information content (AvgIpc) is 3.20. The number of aliphatic hydroxyl groups excluding tert-OH is 1. The van der Waals surface area contributed by atoms with Crippen molar-refractivity contribution in [3.05, 3.63) is 77.0 Å². The summed E-state index contributed by atoms with van der Waals surface area (Å²) in [5, 5.41) is 13.7. The highest BCUT2D eigenvalue weighted by molar-refractivity contribution is 7.80. The Morgan fingerprint density at radius 3 is 2.62 bits per heavy atom. The van der Waals surface area contributed by atoms with E-state index in [1.807, 2.05) is 37.4 Å². The van der Waals surface area contributed by atoms with Crippen LogP contribution in [0.2, 0.25) is 0 Å². The van der Waals surface area contributed by atoms with Crippen molar-refractivity contribution in [1.29, 1.82) is 0 Å². The van der Waals surface area contributed by atoms with Gasteiger partial charge in [0, 0.05) is 30.3 Å². The number of thiocarbonyl (C=S) groups is 1. The first-order valence-electron chi connectivity index (χ1n) is 9.72. The van der Waals surface area contributed by atoms with Crippen molar-refractivity contribution < 1.29 is 5.11 Å². The quantitative estimate of drug-likeness (QED) is 0.634. The molecule has 0 amide bonds. The van der Waals surface area contributed by atoms with Gasteiger partial charge in [0.2, 0.25) is 0 Å². The monoisotopic (exact) mass is 407 g/mol. The van der Waals surface area contributed by atoms with Gasteiger partial charge in [0.25, 0.3) is 0 Å². The minimum Gasteiger partial charge on any atom is -0.395 e. The Hall–Kier alpha value is -2.77. The molecule has 0 saturated carbocycles. The molecule has 4 heterocycles. The molecule has 150 valence electrons. The highest BCUT2D eigenvalue weighted by atomic mass is 32.1. The summed E-state index contributed by atoms with van der Waals surface area (Å²) in [4.78, 5) is 11.2. The normalized spacial score (nSPS) is 18.9. The molecule has 0 spiro atoms. The van der Waals surface area contributed by atoms with Crippen molar-refractivity contribution >= 4 is 17.3 Å². The smallest absolute Gasteiger partial charge is 0.170 e. The van der Waals surface area contributed by atoms with Crippen molar-refractivity contribution in [3.8, 4) is 5.82 Å². The predicted octanol–water partition coefficient (Wildman–Crippen LogP) is 3.16. The Balaban J connectivity index is 1.82. The molecule has 1 aliphatic rings. The van der Waals surface area contributed by atoms with Crippen LogP contribution in [0.3, 0.4) is 0 Å². The number of aliphatic hydroxyl groups is 1. The van der Waals surface area contributed by atoms with Gasteiger partial charge in [0.1, 0.15) is 5.82 Å². The lowest BCUT2D eigenvalue weighted by atomic mass is 9.97. The number of aryl methyl sites for hydroxylation is 2. The van der Waals surface area contributed by atoms with Crippen molar-refractivity contribution in [2.45, 2.75) is 32.9 Å². The number of nitrogens with one attached hydrogen (secondary N) is 1. The van der Waals surface area contributed by atoms with Gasteiger partial charge in [-0.3, -0.25) is 4.98 Å². The topological polar surface area (TPSA) is 66.2 Å². The Morgan fingerprint density at radius 1 is 1.14 bits per heavy atom. The van der Waals surface area contributed by atoms with E-state index < -0.39 is 0 Å².